The molecule has 0 bridgehead atoms. The van der Waals surface area contributed by atoms with E-state index < -0.39 is 0 Å². The Morgan fingerprint density at radius 2 is 1.87 bits per heavy atom. The largest absolute Gasteiger partial charge is 0.496 e. The van der Waals surface area contributed by atoms with Gasteiger partial charge in [0.1, 0.15) is 5.75 Å². The number of hydrogen-bond acceptors (Lipinski definition) is 6. The highest BCUT2D eigenvalue weighted by Crippen LogP contribution is 2.21. The van der Waals surface area contributed by atoms with Crippen molar-refractivity contribution in [1.29, 1.82) is 0 Å². The molecule has 30 heavy (non-hydrogen) atoms. The van der Waals surface area contributed by atoms with Crippen LogP contribution in [0.25, 0.3) is 16.9 Å². The molecular weight excluding hydrogens is 398 g/mol. The minimum absolute atomic E-state index is 0.0997. The van der Waals surface area contributed by atoms with Crippen molar-refractivity contribution < 1.29 is 9.53 Å². The van der Waals surface area contributed by atoms with Crippen molar-refractivity contribution in [2.24, 2.45) is 0 Å². The summed E-state index contributed by atoms with van der Waals surface area (Å²) in [4.78, 5) is 12.3. The molecule has 0 radical (unpaired) electrons. The van der Waals surface area contributed by atoms with Crippen LogP contribution in [0.3, 0.4) is 0 Å². The first-order chi connectivity index (χ1) is 14.6. The van der Waals surface area contributed by atoms with E-state index in [1.54, 1.807) is 11.6 Å². The smallest absolute Gasteiger partial charge is 0.230 e. The standard InChI is InChI=1S/C22H21N5O2S/c1-15-7-9-16(10-8-15)18-11-12-20-24-25-22(27(20)26-18)30-14-21(28)23-13-17-5-3-4-6-19(17)29-2/h3-12H,13-14H2,1-2H3,(H,23,28). The molecule has 0 aliphatic heterocycles. The lowest BCUT2D eigenvalue weighted by Gasteiger charge is -2.09. The molecule has 7 nitrogen and oxygen atoms in total. The van der Waals surface area contributed by atoms with E-state index in [2.05, 4.69) is 32.7 Å². The van der Waals surface area contributed by atoms with Gasteiger partial charge in [-0.3, -0.25) is 4.79 Å². The van der Waals surface area contributed by atoms with Gasteiger partial charge in [-0.2, -0.15) is 9.61 Å². The number of rotatable bonds is 7. The predicted octanol–water partition coefficient (Wildman–Crippen LogP) is 3.52. The van der Waals surface area contributed by atoms with Gasteiger partial charge >= 0.3 is 0 Å². The highest BCUT2D eigenvalue weighted by molar-refractivity contribution is 7.99. The molecule has 152 valence electrons. The second-order valence-corrected chi connectivity index (χ2v) is 7.66. The Balaban J connectivity index is 1.43. The van der Waals surface area contributed by atoms with Crippen molar-refractivity contribution in [1.82, 2.24) is 25.1 Å². The number of aryl methyl sites for hydroxylation is 1. The van der Waals surface area contributed by atoms with Crippen molar-refractivity contribution >= 4 is 23.3 Å². The molecule has 0 saturated heterocycles. The number of thioether (sulfide) groups is 1. The Kier molecular flexibility index (Phi) is 5.94. The number of amides is 1. The molecule has 0 atom stereocenters. The van der Waals surface area contributed by atoms with E-state index in [9.17, 15) is 4.79 Å². The number of nitrogens with one attached hydrogen (secondary N) is 1. The molecule has 4 aromatic rings. The molecule has 4 rings (SSSR count). The molecule has 0 aliphatic rings. The number of benzene rings is 2. The van der Waals surface area contributed by atoms with Crippen molar-refractivity contribution in [2.75, 3.05) is 12.9 Å². The quantitative estimate of drug-likeness (QED) is 0.462. The van der Waals surface area contributed by atoms with E-state index in [0.29, 0.717) is 17.3 Å². The number of fused-ring (bicyclic) bond motifs is 1. The van der Waals surface area contributed by atoms with E-state index in [1.807, 2.05) is 55.5 Å². The number of carbonyl (C=O) groups is 1. The molecule has 1 N–H and O–H groups in total. The van der Waals surface area contributed by atoms with Crippen molar-refractivity contribution in [3.8, 4) is 17.0 Å². The van der Waals surface area contributed by atoms with Crippen LogP contribution in [0.15, 0.2) is 65.8 Å². The average molecular weight is 420 g/mol. The fourth-order valence-corrected chi connectivity index (χ4v) is 3.68. The minimum atomic E-state index is -0.0997. The Morgan fingerprint density at radius 3 is 2.67 bits per heavy atom. The SMILES string of the molecule is COc1ccccc1CNC(=O)CSc1nnc2ccc(-c3ccc(C)cc3)nn12. The van der Waals surface area contributed by atoms with E-state index in [1.165, 1.54) is 17.3 Å². The first-order valence-electron chi connectivity index (χ1n) is 9.45. The molecule has 0 unspecified atom stereocenters. The average Bonchev–Trinajstić information content (AvgIpc) is 3.19. The maximum atomic E-state index is 12.3. The molecule has 1 amide bonds. The molecular formula is C22H21N5O2S. The normalized spacial score (nSPS) is 10.9. The van der Waals surface area contributed by atoms with Crippen LogP contribution >= 0.6 is 11.8 Å². The maximum absolute atomic E-state index is 12.3. The van der Waals surface area contributed by atoms with Gasteiger partial charge in [0.25, 0.3) is 0 Å². The zero-order chi connectivity index (χ0) is 20.9. The molecule has 0 saturated carbocycles. The van der Waals surface area contributed by atoms with Crippen LogP contribution in [0.1, 0.15) is 11.1 Å². The zero-order valence-corrected chi connectivity index (χ0v) is 17.5. The lowest BCUT2D eigenvalue weighted by Crippen LogP contribution is -2.24. The number of aromatic nitrogens is 4. The Hall–Kier alpha value is -3.39. The van der Waals surface area contributed by atoms with Crippen LogP contribution in [0.4, 0.5) is 0 Å². The number of carbonyl (C=O) groups excluding carboxylic acids is 1. The lowest BCUT2D eigenvalue weighted by atomic mass is 10.1. The third-order valence-electron chi connectivity index (χ3n) is 4.58. The third kappa shape index (κ3) is 4.44. The maximum Gasteiger partial charge on any atom is 0.230 e. The number of methoxy groups -OCH3 is 1. The second kappa shape index (κ2) is 8.96. The van der Waals surface area contributed by atoms with Gasteiger partial charge in [0.05, 0.1) is 18.6 Å². The van der Waals surface area contributed by atoms with Gasteiger partial charge in [-0.05, 0) is 25.1 Å². The second-order valence-electron chi connectivity index (χ2n) is 6.71. The third-order valence-corrected chi connectivity index (χ3v) is 5.50. The zero-order valence-electron chi connectivity index (χ0n) is 16.7. The van der Waals surface area contributed by atoms with Crippen LogP contribution in [-0.2, 0) is 11.3 Å². The minimum Gasteiger partial charge on any atom is -0.496 e. The van der Waals surface area contributed by atoms with E-state index in [4.69, 9.17) is 4.74 Å². The first-order valence-corrected chi connectivity index (χ1v) is 10.4. The molecule has 8 heteroatoms. The predicted molar refractivity (Wildman–Crippen MR) is 117 cm³/mol. The van der Waals surface area contributed by atoms with Gasteiger partial charge in [-0.1, -0.05) is 59.8 Å². The van der Waals surface area contributed by atoms with Crippen LogP contribution in [0, 0.1) is 6.92 Å². The summed E-state index contributed by atoms with van der Waals surface area (Å²) in [5, 5.41) is 16.5. The van der Waals surface area contributed by atoms with Gasteiger partial charge in [0, 0.05) is 17.7 Å². The molecule has 2 aromatic carbocycles. The molecule has 2 aromatic heterocycles. The van der Waals surface area contributed by atoms with Gasteiger partial charge < -0.3 is 10.1 Å². The van der Waals surface area contributed by atoms with Crippen LogP contribution in [0.2, 0.25) is 0 Å². The van der Waals surface area contributed by atoms with Crippen LogP contribution in [0.5, 0.6) is 5.75 Å². The summed E-state index contributed by atoms with van der Waals surface area (Å²) >= 11 is 1.30. The van der Waals surface area contributed by atoms with Crippen molar-refractivity contribution in [2.45, 2.75) is 18.6 Å². The summed E-state index contributed by atoms with van der Waals surface area (Å²) in [5.74, 6) is 0.867. The van der Waals surface area contributed by atoms with Gasteiger partial charge in [-0.15, -0.1) is 10.2 Å². The van der Waals surface area contributed by atoms with E-state index in [-0.39, 0.29) is 11.7 Å². The van der Waals surface area contributed by atoms with Gasteiger partial charge in [0.2, 0.25) is 11.1 Å². The summed E-state index contributed by atoms with van der Waals surface area (Å²) in [6.07, 6.45) is 0. The Labute approximate surface area is 178 Å². The fraction of sp³-hybridized carbons (Fsp3) is 0.182. The van der Waals surface area contributed by atoms with Crippen LogP contribution < -0.4 is 10.1 Å². The lowest BCUT2D eigenvalue weighted by molar-refractivity contribution is -0.118. The molecule has 0 spiro atoms. The molecule has 0 aliphatic carbocycles. The summed E-state index contributed by atoms with van der Waals surface area (Å²) < 4.78 is 6.99. The number of nitrogens with zero attached hydrogens (tertiary/aromatic N) is 4. The van der Waals surface area contributed by atoms with Crippen LogP contribution in [-0.4, -0.2) is 38.6 Å². The molecule has 0 fully saturated rings. The monoisotopic (exact) mass is 419 g/mol. The summed E-state index contributed by atoms with van der Waals surface area (Å²) in [7, 11) is 1.62. The summed E-state index contributed by atoms with van der Waals surface area (Å²) in [6.45, 7) is 2.45. The van der Waals surface area contributed by atoms with E-state index in [0.717, 1.165) is 22.6 Å². The summed E-state index contributed by atoms with van der Waals surface area (Å²) in [5.41, 5.74) is 4.60. The van der Waals surface area contributed by atoms with E-state index >= 15 is 0 Å². The Morgan fingerprint density at radius 1 is 1.07 bits per heavy atom. The highest BCUT2D eigenvalue weighted by atomic mass is 32.2. The number of ether oxygens (including phenoxy) is 1. The van der Waals surface area contributed by atoms with Crippen molar-refractivity contribution in [3.63, 3.8) is 0 Å². The Bertz CT molecular complexity index is 1170. The number of para-hydroxylation sites is 1. The van der Waals surface area contributed by atoms with Crippen molar-refractivity contribution in [3.05, 3.63) is 71.8 Å². The fourth-order valence-electron chi connectivity index (χ4n) is 2.96. The van der Waals surface area contributed by atoms with Gasteiger partial charge in [-0.25, -0.2) is 0 Å². The molecule has 2 heterocycles. The topological polar surface area (TPSA) is 81.4 Å². The highest BCUT2D eigenvalue weighted by Gasteiger charge is 2.12. The number of hydrogen-bond donors (Lipinski definition) is 1. The first kappa shape index (κ1) is 19.9. The summed E-state index contributed by atoms with van der Waals surface area (Å²) in [6, 6.07) is 19.6. The van der Waals surface area contributed by atoms with Gasteiger partial charge in [0.15, 0.2) is 5.65 Å².